The molecule has 0 radical (unpaired) electrons. The lowest BCUT2D eigenvalue weighted by Gasteiger charge is -2.30. The van der Waals surface area contributed by atoms with Crippen molar-refractivity contribution in [3.05, 3.63) is 46.6 Å². The molecule has 1 fully saturated rings. The number of hydrogen-bond donors (Lipinski definition) is 1. The van der Waals surface area contributed by atoms with E-state index in [-0.39, 0.29) is 5.91 Å². The molecule has 5 nitrogen and oxygen atoms in total. The van der Waals surface area contributed by atoms with Crippen LogP contribution in [0.1, 0.15) is 35.8 Å². The maximum absolute atomic E-state index is 12.5. The maximum Gasteiger partial charge on any atom is 0.274 e. The highest BCUT2D eigenvalue weighted by molar-refractivity contribution is 6.30. The van der Waals surface area contributed by atoms with Gasteiger partial charge in [0.05, 0.1) is 0 Å². The molecule has 1 unspecified atom stereocenters. The molecule has 1 N–H and O–H groups in total. The van der Waals surface area contributed by atoms with Crippen molar-refractivity contribution in [2.75, 3.05) is 18.4 Å². The van der Waals surface area contributed by atoms with Gasteiger partial charge in [0.25, 0.3) is 5.91 Å². The predicted molar refractivity (Wildman–Crippen MR) is 95.8 cm³/mol. The Balaban J connectivity index is 1.71. The quantitative estimate of drug-likeness (QED) is 0.912. The molecule has 0 spiro atoms. The minimum absolute atomic E-state index is 0.0421. The minimum atomic E-state index is -0.0421. The Morgan fingerprint density at radius 2 is 2.12 bits per heavy atom. The van der Waals surface area contributed by atoms with Crippen molar-refractivity contribution < 1.29 is 4.79 Å². The number of halogens is 1. The van der Waals surface area contributed by atoms with Crippen LogP contribution in [0.5, 0.6) is 0 Å². The number of likely N-dealkylation sites (tertiary alicyclic amines) is 1. The second-order valence-electron chi connectivity index (χ2n) is 6.39. The molecule has 126 valence electrons. The number of benzene rings is 1. The van der Waals surface area contributed by atoms with Gasteiger partial charge in [0.2, 0.25) is 0 Å². The number of piperidine rings is 1. The zero-order chi connectivity index (χ0) is 17.1. The van der Waals surface area contributed by atoms with E-state index in [9.17, 15) is 4.79 Å². The highest BCUT2D eigenvalue weighted by atomic mass is 35.5. The van der Waals surface area contributed by atoms with E-state index in [4.69, 9.17) is 11.6 Å². The fourth-order valence-electron chi connectivity index (χ4n) is 2.92. The number of nitrogens with zero attached hydrogens (tertiary/aromatic N) is 3. The van der Waals surface area contributed by atoms with E-state index in [2.05, 4.69) is 22.4 Å². The summed E-state index contributed by atoms with van der Waals surface area (Å²) in [5.74, 6) is 1.09. The van der Waals surface area contributed by atoms with Crippen molar-refractivity contribution in [1.82, 2.24) is 15.1 Å². The first kappa shape index (κ1) is 16.7. The lowest BCUT2D eigenvalue weighted by atomic mass is 10.00. The molecule has 1 saturated heterocycles. The van der Waals surface area contributed by atoms with Gasteiger partial charge in [-0.15, -0.1) is 10.2 Å². The summed E-state index contributed by atoms with van der Waals surface area (Å²) in [6.07, 6.45) is 2.23. The lowest BCUT2D eigenvalue weighted by Crippen LogP contribution is -2.39. The summed E-state index contributed by atoms with van der Waals surface area (Å²) in [7, 11) is 0. The average molecular weight is 345 g/mol. The van der Waals surface area contributed by atoms with E-state index in [1.165, 1.54) is 6.42 Å². The zero-order valence-corrected chi connectivity index (χ0v) is 14.7. The Morgan fingerprint density at radius 3 is 2.83 bits per heavy atom. The van der Waals surface area contributed by atoms with E-state index < -0.39 is 0 Å². The molecule has 0 bridgehead atoms. The third-order valence-corrected chi connectivity index (χ3v) is 4.53. The second kappa shape index (κ2) is 7.18. The highest BCUT2D eigenvalue weighted by Crippen LogP contribution is 2.23. The first-order valence-electron chi connectivity index (χ1n) is 8.19. The predicted octanol–water partition coefficient (Wildman–Crippen LogP) is 4.05. The van der Waals surface area contributed by atoms with Gasteiger partial charge < -0.3 is 10.2 Å². The summed E-state index contributed by atoms with van der Waals surface area (Å²) in [5, 5.41) is 12.1. The van der Waals surface area contributed by atoms with Gasteiger partial charge in [0.15, 0.2) is 11.5 Å². The van der Waals surface area contributed by atoms with Gasteiger partial charge in [-0.25, -0.2) is 0 Å². The first-order valence-corrected chi connectivity index (χ1v) is 8.57. The van der Waals surface area contributed by atoms with Crippen LogP contribution >= 0.6 is 11.6 Å². The normalized spacial score (nSPS) is 17.6. The van der Waals surface area contributed by atoms with Crippen molar-refractivity contribution in [1.29, 1.82) is 0 Å². The van der Waals surface area contributed by atoms with Crippen LogP contribution in [-0.2, 0) is 0 Å². The Morgan fingerprint density at radius 1 is 1.29 bits per heavy atom. The monoisotopic (exact) mass is 344 g/mol. The van der Waals surface area contributed by atoms with Gasteiger partial charge >= 0.3 is 0 Å². The summed E-state index contributed by atoms with van der Waals surface area (Å²) in [6, 6.07) is 9.11. The second-order valence-corrected chi connectivity index (χ2v) is 6.82. The van der Waals surface area contributed by atoms with Crippen LogP contribution in [0.15, 0.2) is 30.3 Å². The molecule has 6 heteroatoms. The summed E-state index contributed by atoms with van der Waals surface area (Å²) < 4.78 is 0. The zero-order valence-electron chi connectivity index (χ0n) is 13.9. The van der Waals surface area contributed by atoms with E-state index in [1.54, 1.807) is 12.1 Å². The molecule has 1 aromatic carbocycles. The van der Waals surface area contributed by atoms with Gasteiger partial charge in [-0.3, -0.25) is 4.79 Å². The van der Waals surface area contributed by atoms with Crippen LogP contribution in [0.25, 0.3) is 0 Å². The number of aryl methyl sites for hydroxylation is 1. The Hall–Kier alpha value is -2.14. The molecular weight excluding hydrogens is 324 g/mol. The standard InChI is InChI=1S/C18H21ClN4O/c1-12-4-3-9-23(11-12)18(24)15-7-8-17(22-21-15)20-16-10-14(19)6-5-13(16)2/h5-8,10,12H,3-4,9,11H2,1-2H3,(H,20,22). The molecule has 0 saturated carbocycles. The van der Waals surface area contributed by atoms with Crippen LogP contribution in [0.2, 0.25) is 5.02 Å². The molecule has 0 aliphatic carbocycles. The Labute approximate surface area is 147 Å². The molecule has 3 rings (SSSR count). The SMILES string of the molecule is Cc1ccc(Cl)cc1Nc1ccc(C(=O)N2CCCC(C)C2)nn1. The minimum Gasteiger partial charge on any atom is -0.338 e. The van der Waals surface area contributed by atoms with Crippen molar-refractivity contribution >= 4 is 29.0 Å². The third-order valence-electron chi connectivity index (χ3n) is 4.29. The number of aromatic nitrogens is 2. The van der Waals surface area contributed by atoms with Crippen molar-refractivity contribution in [3.8, 4) is 0 Å². The average Bonchev–Trinajstić information content (AvgIpc) is 2.58. The van der Waals surface area contributed by atoms with Crippen LogP contribution in [0.4, 0.5) is 11.5 Å². The van der Waals surface area contributed by atoms with Gasteiger partial charge in [0.1, 0.15) is 0 Å². The van der Waals surface area contributed by atoms with Crippen LogP contribution in [-0.4, -0.2) is 34.1 Å². The largest absolute Gasteiger partial charge is 0.338 e. The molecular formula is C18H21ClN4O. The topological polar surface area (TPSA) is 58.1 Å². The van der Waals surface area contributed by atoms with Crippen LogP contribution < -0.4 is 5.32 Å². The van der Waals surface area contributed by atoms with Gasteiger partial charge in [-0.2, -0.15) is 0 Å². The van der Waals surface area contributed by atoms with Gasteiger partial charge in [0, 0.05) is 23.8 Å². The van der Waals surface area contributed by atoms with E-state index in [1.807, 2.05) is 30.0 Å². The molecule has 1 aliphatic heterocycles. The third kappa shape index (κ3) is 3.85. The van der Waals surface area contributed by atoms with Crippen LogP contribution in [0, 0.1) is 12.8 Å². The molecule has 1 amide bonds. The van der Waals surface area contributed by atoms with Crippen molar-refractivity contribution in [2.24, 2.45) is 5.92 Å². The van der Waals surface area contributed by atoms with E-state index in [0.717, 1.165) is 30.8 Å². The fourth-order valence-corrected chi connectivity index (χ4v) is 3.09. The number of nitrogens with one attached hydrogen (secondary N) is 1. The summed E-state index contributed by atoms with van der Waals surface area (Å²) in [6.45, 7) is 5.75. The Kier molecular flexibility index (Phi) is 5.00. The van der Waals surface area contributed by atoms with E-state index in [0.29, 0.717) is 22.5 Å². The number of amides is 1. The van der Waals surface area contributed by atoms with Crippen molar-refractivity contribution in [2.45, 2.75) is 26.7 Å². The van der Waals surface area contributed by atoms with Gasteiger partial charge in [-0.1, -0.05) is 24.6 Å². The highest BCUT2D eigenvalue weighted by Gasteiger charge is 2.23. The molecule has 2 heterocycles. The van der Waals surface area contributed by atoms with Crippen molar-refractivity contribution in [3.63, 3.8) is 0 Å². The number of rotatable bonds is 3. The van der Waals surface area contributed by atoms with Gasteiger partial charge in [-0.05, 0) is 55.5 Å². The van der Waals surface area contributed by atoms with E-state index >= 15 is 0 Å². The van der Waals surface area contributed by atoms with Crippen LogP contribution in [0.3, 0.4) is 0 Å². The number of carbonyl (C=O) groups is 1. The Bertz CT molecular complexity index is 732. The number of hydrogen-bond acceptors (Lipinski definition) is 4. The number of carbonyl (C=O) groups excluding carboxylic acids is 1. The first-order chi connectivity index (χ1) is 11.5. The maximum atomic E-state index is 12.5. The fraction of sp³-hybridized carbons (Fsp3) is 0.389. The lowest BCUT2D eigenvalue weighted by molar-refractivity contribution is 0.0676. The smallest absolute Gasteiger partial charge is 0.274 e. The molecule has 2 aromatic rings. The molecule has 24 heavy (non-hydrogen) atoms. The molecule has 1 atom stereocenters. The number of anilines is 2. The molecule has 1 aliphatic rings. The summed E-state index contributed by atoms with van der Waals surface area (Å²) in [4.78, 5) is 14.4. The molecule has 1 aromatic heterocycles. The summed E-state index contributed by atoms with van der Waals surface area (Å²) >= 11 is 6.02. The summed E-state index contributed by atoms with van der Waals surface area (Å²) in [5.41, 5.74) is 2.32.